The van der Waals surface area contributed by atoms with E-state index in [0.717, 1.165) is 0 Å². The van der Waals surface area contributed by atoms with Gasteiger partial charge < -0.3 is 0 Å². The van der Waals surface area contributed by atoms with Crippen LogP contribution in [-0.4, -0.2) is 0 Å². The summed E-state index contributed by atoms with van der Waals surface area (Å²) in [6.45, 7) is 0. The molecule has 0 N–H and O–H groups in total. The molecule has 0 aromatic carbocycles. The standard InChI is InChI=1S/C10H10/c1-3-9(4-1)7-8-10-5-2-6-10/h1-6H,7-8H2. The lowest BCUT2D eigenvalue weighted by Crippen LogP contribution is -1.90. The Hall–Kier alpha value is -1.04. The van der Waals surface area contributed by atoms with Crippen molar-refractivity contribution in [3.63, 3.8) is 0 Å². The van der Waals surface area contributed by atoms with Crippen LogP contribution in [0.15, 0.2) is 47.6 Å². The highest BCUT2D eigenvalue weighted by atomic mass is 14.1. The van der Waals surface area contributed by atoms with E-state index in [-0.39, 0.29) is 0 Å². The molecule has 0 radical (unpaired) electrons. The van der Waals surface area contributed by atoms with E-state index in [1.54, 1.807) is 0 Å². The summed E-state index contributed by atoms with van der Waals surface area (Å²) < 4.78 is 0. The smallest absolute Gasteiger partial charge is 0.0238 e. The van der Waals surface area contributed by atoms with Crippen LogP contribution in [0, 0.1) is 0 Å². The van der Waals surface area contributed by atoms with Crippen LogP contribution in [0.5, 0.6) is 0 Å². The van der Waals surface area contributed by atoms with Gasteiger partial charge in [0.15, 0.2) is 0 Å². The number of allylic oxidation sites excluding steroid dienone is 8. The van der Waals surface area contributed by atoms with E-state index >= 15 is 0 Å². The first-order valence-electron chi connectivity index (χ1n) is 3.70. The van der Waals surface area contributed by atoms with Gasteiger partial charge in [0.1, 0.15) is 0 Å². The molecule has 2 aliphatic carbocycles. The summed E-state index contributed by atoms with van der Waals surface area (Å²) in [6, 6.07) is 0. The number of hydrogen-bond donors (Lipinski definition) is 0. The maximum atomic E-state index is 2.18. The molecule has 10 heavy (non-hydrogen) atoms. The second-order valence-electron chi connectivity index (χ2n) is 2.70. The third kappa shape index (κ3) is 0.971. The van der Waals surface area contributed by atoms with Crippen LogP contribution in [0.4, 0.5) is 0 Å². The van der Waals surface area contributed by atoms with Crippen molar-refractivity contribution < 1.29 is 0 Å². The van der Waals surface area contributed by atoms with Crippen molar-refractivity contribution in [2.24, 2.45) is 0 Å². The van der Waals surface area contributed by atoms with E-state index in [1.165, 1.54) is 24.0 Å². The fraction of sp³-hybridized carbons (Fsp3) is 0.200. The molecular formula is C10H10. The molecule has 0 aliphatic heterocycles. The van der Waals surface area contributed by atoms with Gasteiger partial charge >= 0.3 is 0 Å². The van der Waals surface area contributed by atoms with Gasteiger partial charge in [0, 0.05) is 0 Å². The maximum Gasteiger partial charge on any atom is -0.0238 e. The van der Waals surface area contributed by atoms with Gasteiger partial charge in [-0.25, -0.2) is 0 Å². The molecule has 0 fully saturated rings. The predicted molar refractivity (Wildman–Crippen MR) is 43.7 cm³/mol. The molecule has 0 amide bonds. The lowest BCUT2D eigenvalue weighted by Gasteiger charge is -2.09. The van der Waals surface area contributed by atoms with Crippen LogP contribution < -0.4 is 0 Å². The molecule has 0 bridgehead atoms. The van der Waals surface area contributed by atoms with Gasteiger partial charge in [-0.3, -0.25) is 0 Å². The lowest BCUT2D eigenvalue weighted by molar-refractivity contribution is 0.954. The van der Waals surface area contributed by atoms with Gasteiger partial charge in [-0.2, -0.15) is 0 Å². The lowest BCUT2D eigenvalue weighted by atomic mass is 9.96. The van der Waals surface area contributed by atoms with Gasteiger partial charge in [0.2, 0.25) is 0 Å². The molecule has 0 heteroatoms. The fourth-order valence-corrected chi connectivity index (χ4v) is 1.09. The Kier molecular flexibility index (Phi) is 1.31. The summed E-state index contributed by atoms with van der Waals surface area (Å²) in [4.78, 5) is 0. The van der Waals surface area contributed by atoms with E-state index in [0.29, 0.717) is 0 Å². The van der Waals surface area contributed by atoms with E-state index in [1.807, 2.05) is 0 Å². The summed E-state index contributed by atoms with van der Waals surface area (Å²) >= 11 is 0. The van der Waals surface area contributed by atoms with Crippen molar-refractivity contribution in [1.29, 1.82) is 0 Å². The summed E-state index contributed by atoms with van der Waals surface area (Å²) in [5.41, 5.74) is 2.97. The molecule has 50 valence electrons. The minimum absolute atomic E-state index is 1.21. The van der Waals surface area contributed by atoms with Crippen molar-refractivity contribution in [2.75, 3.05) is 0 Å². The number of hydrogen-bond acceptors (Lipinski definition) is 0. The van der Waals surface area contributed by atoms with Crippen LogP contribution in [0.1, 0.15) is 12.8 Å². The molecule has 0 nitrogen and oxygen atoms in total. The zero-order chi connectivity index (χ0) is 6.81. The first-order valence-corrected chi connectivity index (χ1v) is 3.70. The average molecular weight is 130 g/mol. The van der Waals surface area contributed by atoms with Gasteiger partial charge in [-0.05, 0) is 24.0 Å². The average Bonchev–Trinajstić information content (AvgIpc) is 1.70. The monoisotopic (exact) mass is 130 g/mol. The van der Waals surface area contributed by atoms with E-state index < -0.39 is 0 Å². The minimum atomic E-state index is 1.21. The summed E-state index contributed by atoms with van der Waals surface area (Å²) in [7, 11) is 0. The second-order valence-corrected chi connectivity index (χ2v) is 2.70. The first-order chi connectivity index (χ1) is 4.95. The van der Waals surface area contributed by atoms with Crippen molar-refractivity contribution in [2.45, 2.75) is 12.8 Å². The van der Waals surface area contributed by atoms with Gasteiger partial charge in [-0.1, -0.05) is 36.5 Å². The van der Waals surface area contributed by atoms with Crippen LogP contribution in [0.3, 0.4) is 0 Å². The van der Waals surface area contributed by atoms with Crippen molar-refractivity contribution in [3.05, 3.63) is 47.6 Å². The highest BCUT2D eigenvalue weighted by Gasteiger charge is 2.01. The van der Waals surface area contributed by atoms with E-state index in [4.69, 9.17) is 0 Å². The van der Waals surface area contributed by atoms with Crippen molar-refractivity contribution >= 4 is 0 Å². The molecule has 0 aromatic heterocycles. The third-order valence-electron chi connectivity index (χ3n) is 1.94. The molecule has 0 saturated carbocycles. The maximum absolute atomic E-state index is 2.18. The largest absolute Gasteiger partial charge is 0.0617 e. The van der Waals surface area contributed by atoms with Gasteiger partial charge in [-0.15, -0.1) is 0 Å². The van der Waals surface area contributed by atoms with E-state index in [2.05, 4.69) is 36.5 Å². The first kappa shape index (κ1) is 5.72. The molecule has 0 unspecified atom stereocenters. The SMILES string of the molecule is C1=CC(CCC2=CC=C2)=C1. The Balaban J connectivity index is 1.73. The molecule has 2 rings (SSSR count). The summed E-state index contributed by atoms with van der Waals surface area (Å²) in [5.74, 6) is 0. The quantitative estimate of drug-likeness (QED) is 0.551. The summed E-state index contributed by atoms with van der Waals surface area (Å²) in [6.07, 6.45) is 15.4. The second kappa shape index (κ2) is 2.30. The van der Waals surface area contributed by atoms with Crippen LogP contribution in [0.25, 0.3) is 0 Å². The molecule has 0 aromatic rings. The van der Waals surface area contributed by atoms with Gasteiger partial charge in [0.25, 0.3) is 0 Å². The zero-order valence-electron chi connectivity index (χ0n) is 5.88. The Morgan fingerprint density at radius 2 is 1.20 bits per heavy atom. The highest BCUT2D eigenvalue weighted by molar-refractivity contribution is 5.39. The predicted octanol–water partition coefficient (Wildman–Crippen LogP) is 2.76. The molecule has 0 atom stereocenters. The van der Waals surface area contributed by atoms with E-state index in [9.17, 15) is 0 Å². The zero-order valence-corrected chi connectivity index (χ0v) is 5.88. The minimum Gasteiger partial charge on any atom is -0.0617 e. The number of rotatable bonds is 3. The van der Waals surface area contributed by atoms with Crippen molar-refractivity contribution in [3.8, 4) is 0 Å². The Labute approximate surface area is 61.3 Å². The molecular weight excluding hydrogens is 120 g/mol. The molecule has 0 saturated heterocycles. The molecule has 0 spiro atoms. The highest BCUT2D eigenvalue weighted by Crippen LogP contribution is 2.21. The Morgan fingerprint density at radius 3 is 1.40 bits per heavy atom. The Bertz CT molecular complexity index is 221. The summed E-state index contributed by atoms with van der Waals surface area (Å²) in [5, 5.41) is 0. The molecule has 0 heterocycles. The van der Waals surface area contributed by atoms with Crippen LogP contribution in [-0.2, 0) is 0 Å². The topological polar surface area (TPSA) is 0 Å². The Morgan fingerprint density at radius 1 is 0.800 bits per heavy atom. The third-order valence-corrected chi connectivity index (χ3v) is 1.94. The van der Waals surface area contributed by atoms with Gasteiger partial charge in [0.05, 0.1) is 0 Å². The molecule has 2 aliphatic rings. The van der Waals surface area contributed by atoms with Crippen LogP contribution in [0.2, 0.25) is 0 Å². The normalized spacial score (nSPS) is 19.2. The fourth-order valence-electron chi connectivity index (χ4n) is 1.09. The van der Waals surface area contributed by atoms with Crippen LogP contribution >= 0.6 is 0 Å². The van der Waals surface area contributed by atoms with Crippen molar-refractivity contribution in [1.82, 2.24) is 0 Å².